The predicted molar refractivity (Wildman–Crippen MR) is 81.6 cm³/mol. The third kappa shape index (κ3) is 8.66. The molecule has 0 radical (unpaired) electrons. The van der Waals surface area contributed by atoms with Gasteiger partial charge in [0.2, 0.25) is 0 Å². The first-order chi connectivity index (χ1) is 9.22. The van der Waals surface area contributed by atoms with Crippen LogP contribution >= 0.6 is 0 Å². The summed E-state index contributed by atoms with van der Waals surface area (Å²) >= 11 is 0. The van der Waals surface area contributed by atoms with Crippen LogP contribution in [0.25, 0.3) is 12.2 Å². The highest BCUT2D eigenvalue weighted by atomic mass is 16.5. The minimum absolute atomic E-state index is 0.262. The first-order valence-corrected chi connectivity index (χ1v) is 6.46. The average Bonchev–Trinajstić information content (AvgIpc) is 2.44. The third-order valence-corrected chi connectivity index (χ3v) is 2.07. The Balaban J connectivity index is 0.00000154. The summed E-state index contributed by atoms with van der Waals surface area (Å²) in [6.07, 6.45) is 7.62. The molecule has 0 unspecified atom stereocenters. The van der Waals surface area contributed by atoms with Gasteiger partial charge in [-0.1, -0.05) is 44.2 Å². The highest BCUT2D eigenvalue weighted by molar-refractivity contribution is 5.66. The number of rotatable bonds is 5. The van der Waals surface area contributed by atoms with E-state index in [-0.39, 0.29) is 5.97 Å². The highest BCUT2D eigenvalue weighted by Crippen LogP contribution is 2.07. The van der Waals surface area contributed by atoms with Crippen LogP contribution in [0, 0.1) is 0 Å². The molecule has 3 nitrogen and oxygen atoms in total. The zero-order chi connectivity index (χ0) is 14.5. The number of carbonyl (C=O) groups is 1. The van der Waals surface area contributed by atoms with Crippen LogP contribution in [-0.2, 0) is 9.53 Å². The van der Waals surface area contributed by atoms with Gasteiger partial charge in [0.25, 0.3) is 0 Å². The summed E-state index contributed by atoms with van der Waals surface area (Å²) in [6, 6.07) is 8.08. The number of ether oxygens (including phenoxy) is 1. The van der Waals surface area contributed by atoms with Crippen LogP contribution in [0.2, 0.25) is 0 Å². The van der Waals surface area contributed by atoms with Crippen LogP contribution in [0.4, 0.5) is 0 Å². The fourth-order valence-electron chi connectivity index (χ4n) is 1.25. The minimum Gasteiger partial charge on any atom is -0.462 e. The Morgan fingerprint density at radius 2 is 1.68 bits per heavy atom. The van der Waals surface area contributed by atoms with Crippen molar-refractivity contribution in [1.82, 2.24) is 5.32 Å². The lowest BCUT2D eigenvalue weighted by Crippen LogP contribution is -1.97. The van der Waals surface area contributed by atoms with Crippen LogP contribution in [-0.4, -0.2) is 19.6 Å². The van der Waals surface area contributed by atoms with Crippen LogP contribution in [0.1, 0.15) is 31.9 Å². The van der Waals surface area contributed by atoms with E-state index in [1.54, 1.807) is 0 Å². The normalized spacial score (nSPS) is 10.1. The summed E-state index contributed by atoms with van der Waals surface area (Å²) in [5.41, 5.74) is 2.22. The molecule has 0 amide bonds. The van der Waals surface area contributed by atoms with Crippen molar-refractivity contribution < 1.29 is 9.53 Å². The second-order valence-corrected chi connectivity index (χ2v) is 3.49. The Labute approximate surface area is 116 Å². The Hall–Kier alpha value is -2.03. The molecule has 0 saturated carbocycles. The molecule has 0 fully saturated rings. The molecular weight excluding hydrogens is 238 g/mol. The molecule has 1 aromatic rings. The zero-order valence-electron chi connectivity index (χ0n) is 12.1. The predicted octanol–water partition coefficient (Wildman–Crippen LogP) is 3.48. The van der Waals surface area contributed by atoms with Gasteiger partial charge < -0.3 is 10.1 Å². The Kier molecular flexibility index (Phi) is 9.90. The molecule has 0 saturated heterocycles. The number of esters is 1. The van der Waals surface area contributed by atoms with E-state index < -0.39 is 0 Å². The topological polar surface area (TPSA) is 38.3 Å². The van der Waals surface area contributed by atoms with Gasteiger partial charge in [-0.15, -0.1) is 0 Å². The first-order valence-electron chi connectivity index (χ1n) is 6.46. The SMILES string of the molecule is CC.CN/C=C/c1ccc(/C=C/COC(C)=O)cc1. The first kappa shape index (κ1) is 17.0. The molecule has 104 valence electrons. The fraction of sp³-hybridized carbons (Fsp3) is 0.312. The van der Waals surface area contributed by atoms with Crippen molar-refractivity contribution in [2.24, 2.45) is 0 Å². The van der Waals surface area contributed by atoms with Crippen molar-refractivity contribution in [2.45, 2.75) is 20.8 Å². The van der Waals surface area contributed by atoms with Gasteiger partial charge in [0, 0.05) is 14.0 Å². The maximum absolute atomic E-state index is 10.5. The van der Waals surface area contributed by atoms with Gasteiger partial charge in [-0.2, -0.15) is 0 Å². The van der Waals surface area contributed by atoms with Gasteiger partial charge in [-0.25, -0.2) is 0 Å². The molecule has 0 heterocycles. The fourth-order valence-corrected chi connectivity index (χ4v) is 1.25. The number of nitrogens with one attached hydrogen (secondary N) is 1. The van der Waals surface area contributed by atoms with Crippen molar-refractivity contribution >= 4 is 18.1 Å². The zero-order valence-corrected chi connectivity index (χ0v) is 12.1. The molecular formula is C16H23NO2. The van der Waals surface area contributed by atoms with E-state index in [1.807, 2.05) is 69.6 Å². The highest BCUT2D eigenvalue weighted by Gasteiger charge is 1.89. The van der Waals surface area contributed by atoms with Crippen LogP contribution < -0.4 is 5.32 Å². The second-order valence-electron chi connectivity index (χ2n) is 3.49. The number of hydrogen-bond acceptors (Lipinski definition) is 3. The minimum atomic E-state index is -0.262. The molecule has 0 aromatic heterocycles. The maximum Gasteiger partial charge on any atom is 0.302 e. The summed E-state index contributed by atoms with van der Waals surface area (Å²) in [6.45, 7) is 5.72. The van der Waals surface area contributed by atoms with Crippen LogP contribution in [0.5, 0.6) is 0 Å². The van der Waals surface area contributed by atoms with Crippen molar-refractivity contribution in [2.75, 3.05) is 13.7 Å². The van der Waals surface area contributed by atoms with Crippen molar-refractivity contribution in [3.63, 3.8) is 0 Å². The maximum atomic E-state index is 10.5. The van der Waals surface area contributed by atoms with E-state index in [0.29, 0.717) is 6.61 Å². The molecule has 1 aromatic carbocycles. The van der Waals surface area contributed by atoms with Gasteiger partial charge >= 0.3 is 5.97 Å². The quantitative estimate of drug-likeness (QED) is 0.825. The van der Waals surface area contributed by atoms with E-state index in [0.717, 1.165) is 11.1 Å². The Morgan fingerprint density at radius 1 is 1.16 bits per heavy atom. The average molecular weight is 261 g/mol. The summed E-state index contributed by atoms with van der Waals surface area (Å²) in [5.74, 6) is -0.262. The van der Waals surface area contributed by atoms with Gasteiger partial charge in [0.05, 0.1) is 0 Å². The van der Waals surface area contributed by atoms with Crippen molar-refractivity contribution in [3.05, 3.63) is 47.7 Å². The number of carbonyl (C=O) groups excluding carboxylic acids is 1. The third-order valence-electron chi connectivity index (χ3n) is 2.07. The molecule has 0 aliphatic heterocycles. The summed E-state index contributed by atoms with van der Waals surface area (Å²) < 4.78 is 4.80. The van der Waals surface area contributed by atoms with Crippen molar-refractivity contribution in [3.8, 4) is 0 Å². The van der Waals surface area contributed by atoms with Crippen LogP contribution in [0.3, 0.4) is 0 Å². The van der Waals surface area contributed by atoms with Gasteiger partial charge in [0.15, 0.2) is 0 Å². The summed E-state index contributed by atoms with van der Waals surface area (Å²) in [7, 11) is 1.86. The van der Waals surface area contributed by atoms with Crippen LogP contribution in [0.15, 0.2) is 36.5 Å². The smallest absolute Gasteiger partial charge is 0.302 e. The molecule has 19 heavy (non-hydrogen) atoms. The van der Waals surface area contributed by atoms with Gasteiger partial charge in [-0.3, -0.25) is 4.79 Å². The molecule has 0 aliphatic rings. The number of benzene rings is 1. The van der Waals surface area contributed by atoms with E-state index in [2.05, 4.69) is 5.32 Å². The molecule has 0 spiro atoms. The lowest BCUT2D eigenvalue weighted by molar-refractivity contribution is -0.139. The standard InChI is InChI=1S/C14H17NO2.C2H6/c1-12(16)17-11-3-4-13-5-7-14(8-6-13)9-10-15-2;1-2/h3-10,15H,11H2,1-2H3;1-2H3/b4-3+,10-9+;. The number of hydrogen-bond donors (Lipinski definition) is 1. The van der Waals surface area contributed by atoms with E-state index in [9.17, 15) is 4.79 Å². The summed E-state index contributed by atoms with van der Waals surface area (Å²) in [4.78, 5) is 10.5. The van der Waals surface area contributed by atoms with E-state index in [4.69, 9.17) is 4.74 Å². The lowest BCUT2D eigenvalue weighted by atomic mass is 10.1. The van der Waals surface area contributed by atoms with Gasteiger partial charge in [0.1, 0.15) is 6.61 Å². The Morgan fingerprint density at radius 3 is 2.16 bits per heavy atom. The Bertz CT molecular complexity index is 405. The summed E-state index contributed by atoms with van der Waals surface area (Å²) in [5, 5.41) is 2.94. The molecule has 0 atom stereocenters. The van der Waals surface area contributed by atoms with Gasteiger partial charge in [-0.05, 0) is 29.5 Å². The molecule has 0 bridgehead atoms. The van der Waals surface area contributed by atoms with E-state index in [1.165, 1.54) is 6.92 Å². The monoisotopic (exact) mass is 261 g/mol. The molecule has 1 N–H and O–H groups in total. The molecule has 0 aliphatic carbocycles. The van der Waals surface area contributed by atoms with E-state index >= 15 is 0 Å². The second kappa shape index (κ2) is 11.1. The lowest BCUT2D eigenvalue weighted by Gasteiger charge is -1.97. The van der Waals surface area contributed by atoms with Crippen molar-refractivity contribution in [1.29, 1.82) is 0 Å². The molecule has 3 heteroatoms. The molecule has 1 rings (SSSR count). The largest absolute Gasteiger partial charge is 0.462 e.